The fraction of sp³-hybridized carbons (Fsp3) is 0.600. The molecular weight excluding hydrogens is 199 g/mol. The minimum absolute atomic E-state index is 0.132. The van der Waals surface area contributed by atoms with Crippen molar-refractivity contribution in [2.75, 3.05) is 0 Å². The maximum Gasteiger partial charge on any atom is 0.123 e. The quantitative estimate of drug-likeness (QED) is 0.652. The Morgan fingerprint density at radius 2 is 1.62 bits per heavy atom. The molecule has 1 aromatic rings. The molecule has 92 valence electrons. The van der Waals surface area contributed by atoms with Crippen molar-refractivity contribution in [3.05, 3.63) is 35.1 Å². The maximum atomic E-state index is 12.7. The van der Waals surface area contributed by atoms with Crippen molar-refractivity contribution in [1.29, 1.82) is 0 Å². The largest absolute Gasteiger partial charge is 0.207 e. The Kier molecular flexibility index (Phi) is 8.88. The van der Waals surface area contributed by atoms with Gasteiger partial charge in [0.05, 0.1) is 0 Å². The molecule has 0 aliphatic heterocycles. The van der Waals surface area contributed by atoms with Crippen LogP contribution >= 0.6 is 0 Å². The average Bonchev–Trinajstić information content (AvgIpc) is 2.28. The fourth-order valence-corrected chi connectivity index (χ4v) is 1.31. The molecule has 0 aliphatic rings. The van der Waals surface area contributed by atoms with Crippen LogP contribution in [0.2, 0.25) is 0 Å². The summed E-state index contributed by atoms with van der Waals surface area (Å²) in [5, 5.41) is 0. The second-order valence-corrected chi connectivity index (χ2v) is 4.17. The predicted molar refractivity (Wildman–Crippen MR) is 70.3 cm³/mol. The zero-order valence-corrected chi connectivity index (χ0v) is 11.1. The highest BCUT2D eigenvalue weighted by molar-refractivity contribution is 5.26. The third-order valence-corrected chi connectivity index (χ3v) is 2.60. The first-order valence-electron chi connectivity index (χ1n) is 6.40. The zero-order valence-electron chi connectivity index (χ0n) is 11.1. The molecule has 0 radical (unpaired) electrons. The molecule has 1 rings (SSSR count). The van der Waals surface area contributed by atoms with Crippen molar-refractivity contribution >= 4 is 0 Å². The normalized spacial score (nSPS) is 9.56. The van der Waals surface area contributed by atoms with Crippen molar-refractivity contribution in [1.82, 2.24) is 0 Å². The highest BCUT2D eigenvalue weighted by Crippen LogP contribution is 2.12. The SMILES string of the molecule is CCCC.CCCCc1ccc(F)cc1C. The Bertz CT molecular complexity index is 277. The van der Waals surface area contributed by atoms with E-state index < -0.39 is 0 Å². The number of benzene rings is 1. The highest BCUT2D eigenvalue weighted by atomic mass is 19.1. The lowest BCUT2D eigenvalue weighted by molar-refractivity contribution is 0.625. The first kappa shape index (κ1) is 15.2. The molecule has 16 heavy (non-hydrogen) atoms. The van der Waals surface area contributed by atoms with Crippen LogP contribution in [0.25, 0.3) is 0 Å². The number of halogens is 1. The first-order chi connectivity index (χ1) is 7.65. The molecule has 0 fully saturated rings. The maximum absolute atomic E-state index is 12.7. The van der Waals surface area contributed by atoms with E-state index in [0.717, 1.165) is 12.0 Å². The van der Waals surface area contributed by atoms with Crippen molar-refractivity contribution in [2.24, 2.45) is 0 Å². The lowest BCUT2D eigenvalue weighted by atomic mass is 10.0. The van der Waals surface area contributed by atoms with E-state index in [4.69, 9.17) is 0 Å². The molecule has 0 saturated heterocycles. The van der Waals surface area contributed by atoms with E-state index in [-0.39, 0.29) is 5.82 Å². The molecule has 0 aliphatic carbocycles. The van der Waals surface area contributed by atoms with Gasteiger partial charge >= 0.3 is 0 Å². The second kappa shape index (κ2) is 9.38. The van der Waals surface area contributed by atoms with E-state index in [1.54, 1.807) is 6.07 Å². The van der Waals surface area contributed by atoms with Crippen molar-refractivity contribution in [3.8, 4) is 0 Å². The molecule has 0 unspecified atom stereocenters. The van der Waals surface area contributed by atoms with E-state index in [1.165, 1.54) is 37.3 Å². The Morgan fingerprint density at radius 3 is 2.06 bits per heavy atom. The number of hydrogen-bond donors (Lipinski definition) is 0. The molecule has 0 bridgehead atoms. The van der Waals surface area contributed by atoms with Gasteiger partial charge in [0.2, 0.25) is 0 Å². The Hall–Kier alpha value is -0.850. The minimum atomic E-state index is -0.132. The van der Waals surface area contributed by atoms with Crippen LogP contribution in [0.1, 0.15) is 57.6 Å². The summed E-state index contributed by atoms with van der Waals surface area (Å²) < 4.78 is 12.7. The van der Waals surface area contributed by atoms with Crippen molar-refractivity contribution in [3.63, 3.8) is 0 Å². The van der Waals surface area contributed by atoms with E-state index >= 15 is 0 Å². The molecule has 1 aromatic carbocycles. The molecule has 1 heteroatoms. The Morgan fingerprint density at radius 1 is 1.00 bits per heavy atom. The summed E-state index contributed by atoms with van der Waals surface area (Å²) in [6.07, 6.45) is 6.09. The molecule has 0 heterocycles. The van der Waals surface area contributed by atoms with Gasteiger partial charge in [0.15, 0.2) is 0 Å². The molecule has 0 N–H and O–H groups in total. The summed E-state index contributed by atoms with van der Waals surface area (Å²) in [5.41, 5.74) is 2.35. The summed E-state index contributed by atoms with van der Waals surface area (Å²) in [4.78, 5) is 0. The summed E-state index contributed by atoms with van der Waals surface area (Å²) in [6, 6.07) is 5.03. The minimum Gasteiger partial charge on any atom is -0.207 e. The van der Waals surface area contributed by atoms with Gasteiger partial charge in [-0.15, -0.1) is 0 Å². The molecule has 0 aromatic heterocycles. The molecule has 0 nitrogen and oxygen atoms in total. The zero-order chi connectivity index (χ0) is 12.4. The number of hydrogen-bond acceptors (Lipinski definition) is 0. The monoisotopic (exact) mass is 224 g/mol. The van der Waals surface area contributed by atoms with Crippen LogP contribution in [-0.2, 0) is 6.42 Å². The number of rotatable bonds is 4. The van der Waals surface area contributed by atoms with Gasteiger partial charge in [0.25, 0.3) is 0 Å². The van der Waals surface area contributed by atoms with Gasteiger partial charge in [-0.05, 0) is 43.0 Å². The van der Waals surface area contributed by atoms with Crippen molar-refractivity contribution in [2.45, 2.75) is 59.8 Å². The van der Waals surface area contributed by atoms with Gasteiger partial charge in [0.1, 0.15) is 5.82 Å². The molecule has 0 spiro atoms. The summed E-state index contributed by atoms with van der Waals surface area (Å²) in [6.45, 7) is 8.49. The van der Waals surface area contributed by atoms with Crippen LogP contribution in [-0.4, -0.2) is 0 Å². The topological polar surface area (TPSA) is 0 Å². The van der Waals surface area contributed by atoms with Crippen LogP contribution in [0.5, 0.6) is 0 Å². The third-order valence-electron chi connectivity index (χ3n) is 2.60. The lowest BCUT2D eigenvalue weighted by Crippen LogP contribution is -1.90. The Balaban J connectivity index is 0.000000487. The molecule has 0 saturated carbocycles. The summed E-state index contributed by atoms with van der Waals surface area (Å²) in [5.74, 6) is -0.132. The van der Waals surface area contributed by atoms with E-state index in [9.17, 15) is 4.39 Å². The van der Waals surface area contributed by atoms with Gasteiger partial charge in [-0.2, -0.15) is 0 Å². The number of unbranched alkanes of at least 4 members (excludes halogenated alkanes) is 2. The van der Waals surface area contributed by atoms with Crippen LogP contribution < -0.4 is 0 Å². The second-order valence-electron chi connectivity index (χ2n) is 4.17. The van der Waals surface area contributed by atoms with Gasteiger partial charge < -0.3 is 0 Å². The van der Waals surface area contributed by atoms with Gasteiger partial charge in [-0.25, -0.2) is 4.39 Å². The van der Waals surface area contributed by atoms with Crippen LogP contribution in [0, 0.1) is 12.7 Å². The van der Waals surface area contributed by atoms with E-state index in [2.05, 4.69) is 20.8 Å². The van der Waals surface area contributed by atoms with Crippen LogP contribution in [0.3, 0.4) is 0 Å². The summed E-state index contributed by atoms with van der Waals surface area (Å²) in [7, 11) is 0. The van der Waals surface area contributed by atoms with Gasteiger partial charge in [0, 0.05) is 0 Å². The summed E-state index contributed by atoms with van der Waals surface area (Å²) >= 11 is 0. The van der Waals surface area contributed by atoms with Crippen LogP contribution in [0.15, 0.2) is 18.2 Å². The van der Waals surface area contributed by atoms with Crippen LogP contribution in [0.4, 0.5) is 4.39 Å². The van der Waals surface area contributed by atoms with Crippen molar-refractivity contribution < 1.29 is 4.39 Å². The van der Waals surface area contributed by atoms with Gasteiger partial charge in [-0.3, -0.25) is 0 Å². The Labute approximate surface area is 99.9 Å². The predicted octanol–water partition coefficient (Wildman–Crippen LogP) is 5.28. The highest BCUT2D eigenvalue weighted by Gasteiger charge is 1.98. The third kappa shape index (κ3) is 6.60. The van der Waals surface area contributed by atoms with Gasteiger partial charge in [-0.1, -0.05) is 46.1 Å². The average molecular weight is 224 g/mol. The molecular formula is C15H25F. The van der Waals surface area contributed by atoms with E-state index in [1.807, 2.05) is 13.0 Å². The number of aryl methyl sites for hydroxylation is 2. The molecule has 0 atom stereocenters. The fourth-order valence-electron chi connectivity index (χ4n) is 1.31. The lowest BCUT2D eigenvalue weighted by Gasteiger charge is -2.03. The molecule has 0 amide bonds. The first-order valence-corrected chi connectivity index (χ1v) is 6.40. The van der Waals surface area contributed by atoms with E-state index in [0.29, 0.717) is 0 Å². The standard InChI is InChI=1S/C11H15F.C4H10/c1-3-4-5-10-6-7-11(12)8-9(10)2;1-3-4-2/h6-8H,3-5H2,1-2H3;3-4H2,1-2H3. The smallest absolute Gasteiger partial charge is 0.123 e.